The number of methoxy groups -OCH3 is 1. The lowest BCUT2D eigenvalue weighted by Crippen LogP contribution is -2.51. The van der Waals surface area contributed by atoms with E-state index >= 15 is 0 Å². The Hall–Kier alpha value is -3.67. The molecule has 0 unspecified atom stereocenters. The molecule has 3 aromatic carbocycles. The Labute approximate surface area is 206 Å². The van der Waals surface area contributed by atoms with Gasteiger partial charge in [-0.15, -0.1) is 0 Å². The summed E-state index contributed by atoms with van der Waals surface area (Å²) in [7, 11) is 1.58. The summed E-state index contributed by atoms with van der Waals surface area (Å²) in [5, 5.41) is 2.99. The van der Waals surface area contributed by atoms with Crippen molar-refractivity contribution in [1.82, 2.24) is 10.2 Å². The zero-order chi connectivity index (χ0) is 25.0. The zero-order valence-corrected chi connectivity index (χ0v) is 20.4. The van der Waals surface area contributed by atoms with Gasteiger partial charge < -0.3 is 15.0 Å². The molecule has 0 aliphatic carbocycles. The SMILES string of the molecule is CCCCNC(=O)[C@H](Cc1ccccc1)N(Cc1cccc(OC)c1)C(=O)Cc1ccccc1F. The Bertz CT molecular complexity index is 1100. The first-order valence-electron chi connectivity index (χ1n) is 12.0. The smallest absolute Gasteiger partial charge is 0.243 e. The Morgan fingerprint density at radius 1 is 0.971 bits per heavy atom. The van der Waals surface area contributed by atoms with Gasteiger partial charge in [-0.3, -0.25) is 9.59 Å². The van der Waals surface area contributed by atoms with Crippen LogP contribution < -0.4 is 10.1 Å². The molecule has 0 bridgehead atoms. The molecule has 3 aromatic rings. The summed E-state index contributed by atoms with van der Waals surface area (Å²) in [6.07, 6.45) is 2.02. The van der Waals surface area contributed by atoms with Gasteiger partial charge in [0.05, 0.1) is 13.5 Å². The van der Waals surface area contributed by atoms with E-state index in [1.807, 2.05) is 54.6 Å². The summed E-state index contributed by atoms with van der Waals surface area (Å²) < 4.78 is 19.7. The van der Waals surface area contributed by atoms with Crippen LogP contribution in [0, 0.1) is 5.82 Å². The number of halogens is 1. The number of rotatable bonds is 12. The average molecular weight is 477 g/mol. The summed E-state index contributed by atoms with van der Waals surface area (Å²) >= 11 is 0. The predicted molar refractivity (Wildman–Crippen MR) is 135 cm³/mol. The van der Waals surface area contributed by atoms with Crippen molar-refractivity contribution in [3.05, 3.63) is 101 Å². The summed E-state index contributed by atoms with van der Waals surface area (Å²) in [5.41, 5.74) is 2.07. The van der Waals surface area contributed by atoms with Crippen LogP contribution in [0.4, 0.5) is 4.39 Å². The number of unbranched alkanes of at least 4 members (excludes halogenated alkanes) is 1. The third kappa shape index (κ3) is 7.67. The van der Waals surface area contributed by atoms with Gasteiger partial charge in [-0.1, -0.05) is 74.0 Å². The minimum Gasteiger partial charge on any atom is -0.497 e. The topological polar surface area (TPSA) is 58.6 Å². The first-order chi connectivity index (χ1) is 17.0. The molecular formula is C29H33FN2O3. The maximum absolute atomic E-state index is 14.4. The molecule has 3 rings (SSSR count). The van der Waals surface area contributed by atoms with Gasteiger partial charge in [-0.05, 0) is 41.3 Å². The maximum Gasteiger partial charge on any atom is 0.243 e. The van der Waals surface area contributed by atoms with E-state index in [0.717, 1.165) is 24.0 Å². The lowest BCUT2D eigenvalue weighted by molar-refractivity contribution is -0.140. The molecule has 1 N–H and O–H groups in total. The first kappa shape index (κ1) is 25.9. The zero-order valence-electron chi connectivity index (χ0n) is 20.4. The van der Waals surface area contributed by atoms with Crippen molar-refractivity contribution in [3.8, 4) is 5.75 Å². The van der Waals surface area contributed by atoms with E-state index in [9.17, 15) is 14.0 Å². The van der Waals surface area contributed by atoms with Gasteiger partial charge in [-0.2, -0.15) is 0 Å². The number of carbonyl (C=O) groups excluding carboxylic acids is 2. The van der Waals surface area contributed by atoms with Crippen molar-refractivity contribution >= 4 is 11.8 Å². The molecule has 0 aliphatic rings. The number of nitrogens with one attached hydrogen (secondary N) is 1. The van der Waals surface area contributed by atoms with Crippen molar-refractivity contribution in [2.75, 3.05) is 13.7 Å². The standard InChI is InChI=1S/C29H33FN2O3/c1-3-4-17-31-29(34)27(19-22-11-6-5-7-12-22)32(21-23-13-10-15-25(18-23)35-2)28(33)20-24-14-8-9-16-26(24)30/h5-16,18,27H,3-4,17,19-21H2,1-2H3,(H,31,34)/t27-/m0/s1. The fourth-order valence-electron chi connectivity index (χ4n) is 3.93. The lowest BCUT2D eigenvalue weighted by Gasteiger charge is -2.32. The normalized spacial score (nSPS) is 11.5. The summed E-state index contributed by atoms with van der Waals surface area (Å²) in [6, 6.07) is 22.5. The van der Waals surface area contributed by atoms with Crippen LogP contribution in [0.3, 0.4) is 0 Å². The third-order valence-corrected chi connectivity index (χ3v) is 5.89. The molecule has 0 aromatic heterocycles. The van der Waals surface area contributed by atoms with E-state index in [0.29, 0.717) is 24.3 Å². The van der Waals surface area contributed by atoms with E-state index < -0.39 is 11.9 Å². The highest BCUT2D eigenvalue weighted by Gasteiger charge is 2.30. The largest absolute Gasteiger partial charge is 0.497 e. The minimum atomic E-state index is -0.750. The highest BCUT2D eigenvalue weighted by Crippen LogP contribution is 2.20. The fourth-order valence-corrected chi connectivity index (χ4v) is 3.93. The van der Waals surface area contributed by atoms with Crippen LogP contribution in [0.1, 0.15) is 36.5 Å². The van der Waals surface area contributed by atoms with Gasteiger partial charge in [0.2, 0.25) is 11.8 Å². The van der Waals surface area contributed by atoms with Crippen molar-refractivity contribution in [1.29, 1.82) is 0 Å². The van der Waals surface area contributed by atoms with E-state index in [2.05, 4.69) is 12.2 Å². The molecule has 0 saturated heterocycles. The number of benzene rings is 3. The highest BCUT2D eigenvalue weighted by molar-refractivity contribution is 5.88. The second kappa shape index (κ2) is 13.3. The molecule has 1 atom stereocenters. The molecule has 5 nitrogen and oxygen atoms in total. The predicted octanol–water partition coefficient (Wildman–Crippen LogP) is 4.93. The Kier molecular flexibility index (Phi) is 9.84. The highest BCUT2D eigenvalue weighted by atomic mass is 19.1. The second-order valence-corrected chi connectivity index (χ2v) is 8.49. The van der Waals surface area contributed by atoms with Crippen LogP contribution in [0.15, 0.2) is 78.9 Å². The van der Waals surface area contributed by atoms with Crippen LogP contribution >= 0.6 is 0 Å². The van der Waals surface area contributed by atoms with E-state index in [4.69, 9.17) is 4.74 Å². The van der Waals surface area contributed by atoms with Gasteiger partial charge in [0.25, 0.3) is 0 Å². The molecule has 6 heteroatoms. The van der Waals surface area contributed by atoms with Crippen LogP contribution in [0.5, 0.6) is 5.75 Å². The summed E-state index contributed by atoms with van der Waals surface area (Å²) in [5.74, 6) is -0.304. The monoisotopic (exact) mass is 476 g/mol. The van der Waals surface area contributed by atoms with Crippen molar-refractivity contribution in [2.24, 2.45) is 0 Å². The Morgan fingerprint density at radius 2 is 1.69 bits per heavy atom. The van der Waals surface area contributed by atoms with Gasteiger partial charge in [0, 0.05) is 19.5 Å². The van der Waals surface area contributed by atoms with Gasteiger partial charge in [0.15, 0.2) is 0 Å². The summed E-state index contributed by atoms with van der Waals surface area (Å²) in [4.78, 5) is 28.6. The van der Waals surface area contributed by atoms with E-state index in [1.54, 1.807) is 30.2 Å². The summed E-state index contributed by atoms with van der Waals surface area (Å²) in [6.45, 7) is 2.79. The molecule has 184 valence electrons. The molecule has 0 fully saturated rings. The lowest BCUT2D eigenvalue weighted by atomic mass is 10.0. The van der Waals surface area contributed by atoms with Crippen molar-refractivity contribution in [3.63, 3.8) is 0 Å². The first-order valence-corrected chi connectivity index (χ1v) is 12.0. The molecule has 0 saturated carbocycles. The van der Waals surface area contributed by atoms with Gasteiger partial charge in [0.1, 0.15) is 17.6 Å². The number of hydrogen-bond acceptors (Lipinski definition) is 3. The number of nitrogens with zero attached hydrogens (tertiary/aromatic N) is 1. The molecule has 2 amide bonds. The van der Waals surface area contributed by atoms with Gasteiger partial charge in [-0.25, -0.2) is 4.39 Å². The molecule has 0 aliphatic heterocycles. The number of carbonyl (C=O) groups is 2. The molecule has 0 spiro atoms. The minimum absolute atomic E-state index is 0.135. The van der Waals surface area contributed by atoms with Crippen LogP contribution in [-0.4, -0.2) is 36.4 Å². The molecule has 35 heavy (non-hydrogen) atoms. The maximum atomic E-state index is 14.4. The van der Waals surface area contributed by atoms with E-state index in [-0.39, 0.29) is 24.8 Å². The molecule has 0 radical (unpaired) electrons. The third-order valence-electron chi connectivity index (χ3n) is 5.89. The van der Waals surface area contributed by atoms with Crippen LogP contribution in [0.2, 0.25) is 0 Å². The quantitative estimate of drug-likeness (QED) is 0.377. The van der Waals surface area contributed by atoms with Crippen LogP contribution in [-0.2, 0) is 29.0 Å². The molecular weight excluding hydrogens is 443 g/mol. The average Bonchev–Trinajstić information content (AvgIpc) is 2.88. The van der Waals surface area contributed by atoms with Crippen LogP contribution in [0.25, 0.3) is 0 Å². The number of hydrogen-bond donors (Lipinski definition) is 1. The Balaban J connectivity index is 1.96. The van der Waals surface area contributed by atoms with E-state index in [1.165, 1.54) is 6.07 Å². The number of ether oxygens (including phenoxy) is 1. The molecule has 0 heterocycles. The number of amides is 2. The van der Waals surface area contributed by atoms with Gasteiger partial charge >= 0.3 is 0 Å². The Morgan fingerprint density at radius 3 is 2.40 bits per heavy atom. The van der Waals surface area contributed by atoms with Crippen molar-refractivity contribution in [2.45, 2.75) is 45.2 Å². The second-order valence-electron chi connectivity index (χ2n) is 8.49. The fraction of sp³-hybridized carbons (Fsp3) is 0.310. The van der Waals surface area contributed by atoms with Crippen molar-refractivity contribution < 1.29 is 18.7 Å².